The second-order valence-electron chi connectivity index (χ2n) is 8.85. The lowest BCUT2D eigenvalue weighted by Crippen LogP contribution is -2.49. The average molecular weight is 542 g/mol. The quantitative estimate of drug-likeness (QED) is 0.353. The summed E-state index contributed by atoms with van der Waals surface area (Å²) in [4.78, 5) is 3.44. The van der Waals surface area contributed by atoms with E-state index >= 15 is 0 Å². The van der Waals surface area contributed by atoms with Crippen molar-refractivity contribution in [2.45, 2.75) is 38.6 Å². The van der Waals surface area contributed by atoms with Gasteiger partial charge in [0.05, 0.1) is 12.2 Å². The lowest BCUT2D eigenvalue weighted by Gasteiger charge is -2.31. The number of aliphatic hydroxyl groups excluding tert-OH is 2. The normalized spacial score (nSPS) is 20.6. The van der Waals surface area contributed by atoms with Crippen molar-refractivity contribution in [3.63, 3.8) is 0 Å². The molecule has 0 bridgehead atoms. The second-order valence-corrected chi connectivity index (χ2v) is 11.7. The van der Waals surface area contributed by atoms with Gasteiger partial charge in [-0.3, -0.25) is 0 Å². The Morgan fingerprint density at radius 2 is 1.89 bits per heavy atom. The monoisotopic (exact) mass is 541 g/mol. The number of sulfonamides is 1. The maximum atomic E-state index is 12.7. The molecule has 1 saturated heterocycles. The predicted molar refractivity (Wildman–Crippen MR) is 148 cm³/mol. The molecular formula is C27H31N3O5S2. The van der Waals surface area contributed by atoms with Gasteiger partial charge < -0.3 is 19.8 Å². The van der Waals surface area contributed by atoms with Crippen LogP contribution in [0.5, 0.6) is 0 Å². The molecule has 1 aromatic heterocycles. The zero-order valence-electron chi connectivity index (χ0n) is 20.8. The SMILES string of the molecule is CCN(CC)c1ccc2cc(-c3ccc(/C=C(\C#N)S(=O)(=O)NC[C@H]4OCC[C@@H](O)[C@@H]4O)s3)ccc2c1. The Kier molecular flexibility index (Phi) is 8.64. The molecule has 0 radical (unpaired) electrons. The number of hydrogen-bond acceptors (Lipinski definition) is 8. The van der Waals surface area contributed by atoms with Gasteiger partial charge in [-0.25, -0.2) is 13.1 Å². The Labute approximate surface area is 221 Å². The zero-order chi connectivity index (χ0) is 26.6. The Balaban J connectivity index is 1.51. The van der Waals surface area contributed by atoms with Gasteiger partial charge in [0.1, 0.15) is 12.2 Å². The Morgan fingerprint density at radius 3 is 2.62 bits per heavy atom. The lowest BCUT2D eigenvalue weighted by molar-refractivity contribution is -0.131. The van der Waals surface area contributed by atoms with Crippen LogP contribution in [0.25, 0.3) is 27.3 Å². The van der Waals surface area contributed by atoms with Gasteiger partial charge in [0, 0.05) is 41.7 Å². The highest BCUT2D eigenvalue weighted by Crippen LogP contribution is 2.33. The van der Waals surface area contributed by atoms with Gasteiger partial charge in [0.15, 0.2) is 4.91 Å². The molecule has 1 aliphatic heterocycles. The minimum atomic E-state index is -4.13. The third kappa shape index (κ3) is 6.21. The van der Waals surface area contributed by atoms with Crippen molar-refractivity contribution in [1.82, 2.24) is 4.72 Å². The van der Waals surface area contributed by atoms with Crippen molar-refractivity contribution >= 4 is 43.9 Å². The first-order valence-electron chi connectivity index (χ1n) is 12.2. The van der Waals surface area contributed by atoms with E-state index in [-0.39, 0.29) is 19.6 Å². The number of fused-ring (bicyclic) bond motifs is 1. The number of aliphatic hydroxyl groups is 2. The number of rotatable bonds is 9. The van der Waals surface area contributed by atoms with E-state index in [1.54, 1.807) is 12.1 Å². The molecular weight excluding hydrogens is 510 g/mol. The second kappa shape index (κ2) is 11.7. The summed E-state index contributed by atoms with van der Waals surface area (Å²) >= 11 is 1.39. The van der Waals surface area contributed by atoms with E-state index < -0.39 is 33.2 Å². The summed E-state index contributed by atoms with van der Waals surface area (Å²) in [5.41, 5.74) is 2.20. The van der Waals surface area contributed by atoms with Crippen LogP contribution >= 0.6 is 11.3 Å². The van der Waals surface area contributed by atoms with Crippen molar-refractivity contribution in [1.29, 1.82) is 5.26 Å². The molecule has 2 heterocycles. The average Bonchev–Trinajstić information content (AvgIpc) is 3.37. The van der Waals surface area contributed by atoms with Crippen LogP contribution < -0.4 is 9.62 Å². The maximum absolute atomic E-state index is 12.7. The molecule has 3 atom stereocenters. The third-order valence-corrected chi connectivity index (χ3v) is 8.95. The van der Waals surface area contributed by atoms with E-state index in [9.17, 15) is 23.9 Å². The molecule has 0 spiro atoms. The molecule has 3 N–H and O–H groups in total. The van der Waals surface area contributed by atoms with Crippen LogP contribution in [0.15, 0.2) is 53.4 Å². The fourth-order valence-electron chi connectivity index (χ4n) is 4.36. The number of nitrogens with zero attached hydrogens (tertiary/aromatic N) is 2. The van der Waals surface area contributed by atoms with E-state index in [4.69, 9.17) is 4.74 Å². The number of ether oxygens (including phenoxy) is 1. The minimum absolute atomic E-state index is 0.218. The Morgan fingerprint density at radius 1 is 1.16 bits per heavy atom. The third-order valence-electron chi connectivity index (χ3n) is 6.53. The molecule has 8 nitrogen and oxygen atoms in total. The molecule has 10 heteroatoms. The van der Waals surface area contributed by atoms with E-state index in [2.05, 4.69) is 53.8 Å². The first-order chi connectivity index (χ1) is 17.7. The number of allylic oxidation sites excluding steroid dienone is 1. The van der Waals surface area contributed by atoms with Crippen LogP contribution in [0.2, 0.25) is 0 Å². The molecule has 0 amide bonds. The molecule has 0 unspecified atom stereocenters. The topological polar surface area (TPSA) is 123 Å². The fraction of sp³-hybridized carbons (Fsp3) is 0.370. The number of hydrogen-bond donors (Lipinski definition) is 3. The largest absolute Gasteiger partial charge is 0.390 e. The summed E-state index contributed by atoms with van der Waals surface area (Å²) in [5.74, 6) is 0. The van der Waals surface area contributed by atoms with Gasteiger partial charge in [-0.05, 0) is 73.0 Å². The molecule has 1 aliphatic rings. The highest BCUT2D eigenvalue weighted by molar-refractivity contribution is 7.93. The first kappa shape index (κ1) is 27.3. The molecule has 0 aliphatic carbocycles. The number of nitrogens with one attached hydrogen (secondary N) is 1. The van der Waals surface area contributed by atoms with Crippen molar-refractivity contribution in [2.24, 2.45) is 0 Å². The Bertz CT molecular complexity index is 1420. The minimum Gasteiger partial charge on any atom is -0.390 e. The van der Waals surface area contributed by atoms with E-state index in [0.717, 1.165) is 34.3 Å². The van der Waals surface area contributed by atoms with E-state index in [1.807, 2.05) is 12.1 Å². The van der Waals surface area contributed by atoms with E-state index in [1.165, 1.54) is 23.1 Å². The van der Waals surface area contributed by atoms with Crippen molar-refractivity contribution < 1.29 is 23.4 Å². The van der Waals surface area contributed by atoms with Crippen molar-refractivity contribution in [3.8, 4) is 16.5 Å². The van der Waals surface area contributed by atoms with Crippen LogP contribution in [0.1, 0.15) is 25.1 Å². The highest BCUT2D eigenvalue weighted by atomic mass is 32.2. The number of benzene rings is 2. The van der Waals surface area contributed by atoms with Crippen molar-refractivity contribution in [2.75, 3.05) is 31.1 Å². The summed E-state index contributed by atoms with van der Waals surface area (Å²) in [6.45, 7) is 6.14. The molecule has 4 rings (SSSR count). The van der Waals surface area contributed by atoms with Gasteiger partial charge in [0.25, 0.3) is 10.0 Å². The number of thiophene rings is 1. The van der Waals surface area contributed by atoms with Crippen LogP contribution in [0.3, 0.4) is 0 Å². The zero-order valence-corrected chi connectivity index (χ0v) is 22.4. The first-order valence-corrected chi connectivity index (χ1v) is 14.5. The van der Waals surface area contributed by atoms with Crippen LogP contribution in [-0.2, 0) is 14.8 Å². The van der Waals surface area contributed by atoms with Gasteiger partial charge in [-0.15, -0.1) is 11.3 Å². The summed E-state index contributed by atoms with van der Waals surface area (Å²) in [7, 11) is -4.13. The summed E-state index contributed by atoms with van der Waals surface area (Å²) < 4.78 is 33.2. The molecule has 196 valence electrons. The van der Waals surface area contributed by atoms with Gasteiger partial charge in [-0.1, -0.05) is 18.2 Å². The number of nitriles is 1. The van der Waals surface area contributed by atoms with Crippen LogP contribution in [0.4, 0.5) is 5.69 Å². The Hall–Kier alpha value is -2.78. The van der Waals surface area contributed by atoms with Gasteiger partial charge in [-0.2, -0.15) is 5.26 Å². The summed E-state index contributed by atoms with van der Waals surface area (Å²) in [6, 6.07) is 18.1. The summed E-state index contributed by atoms with van der Waals surface area (Å²) in [5, 5.41) is 31.6. The summed E-state index contributed by atoms with van der Waals surface area (Å²) in [6.07, 6.45) is -1.44. The lowest BCUT2D eigenvalue weighted by atomic mass is 10.0. The fourth-order valence-corrected chi connectivity index (χ4v) is 6.33. The van der Waals surface area contributed by atoms with Crippen LogP contribution in [-0.4, -0.2) is 63.2 Å². The maximum Gasteiger partial charge on any atom is 0.250 e. The van der Waals surface area contributed by atoms with E-state index in [0.29, 0.717) is 4.88 Å². The molecule has 3 aromatic rings. The van der Waals surface area contributed by atoms with Crippen LogP contribution in [0, 0.1) is 11.3 Å². The highest BCUT2D eigenvalue weighted by Gasteiger charge is 2.32. The number of anilines is 1. The molecule has 0 saturated carbocycles. The van der Waals surface area contributed by atoms with Gasteiger partial charge >= 0.3 is 0 Å². The van der Waals surface area contributed by atoms with Crippen molar-refractivity contribution in [3.05, 3.63) is 58.3 Å². The smallest absolute Gasteiger partial charge is 0.250 e. The molecule has 2 aromatic carbocycles. The molecule has 1 fully saturated rings. The van der Waals surface area contributed by atoms with Gasteiger partial charge in [0.2, 0.25) is 0 Å². The standard InChI is InChI=1S/C27H31N3O5S2/c1-3-30(4-2)21-8-7-18-13-20(6-5-19(18)14-21)26-10-9-22(36-26)15-23(16-28)37(33,34)29-17-25-27(32)24(31)11-12-35-25/h5-10,13-15,24-25,27,29,31-32H,3-4,11-12,17H2,1-2H3/b23-15+/t24-,25-,27+/m1/s1. The predicted octanol–water partition coefficient (Wildman–Crippen LogP) is 3.71. The molecule has 37 heavy (non-hydrogen) atoms.